The molecule has 0 amide bonds. The van der Waals surface area contributed by atoms with Gasteiger partial charge in [-0.25, -0.2) is 9.97 Å². The van der Waals surface area contributed by atoms with Crippen LogP contribution in [0.3, 0.4) is 0 Å². The molecular formula is C8H10N4S. The molecule has 68 valence electrons. The number of hydrogen-bond donors (Lipinski definition) is 2. The maximum absolute atomic E-state index is 5.00. The van der Waals surface area contributed by atoms with Crippen molar-refractivity contribution in [2.75, 3.05) is 6.54 Å². The Morgan fingerprint density at radius 1 is 1.31 bits per heavy atom. The van der Waals surface area contributed by atoms with E-state index in [0.29, 0.717) is 16.7 Å². The fourth-order valence-corrected chi connectivity index (χ4v) is 2.35. The Kier molecular flexibility index (Phi) is 1.51. The summed E-state index contributed by atoms with van der Waals surface area (Å²) in [6.45, 7) is 1.06. The zero-order valence-electron chi connectivity index (χ0n) is 7.08. The molecule has 0 spiro atoms. The smallest absolute Gasteiger partial charge is 0.222 e. The number of H-pyrrole nitrogens is 1. The van der Waals surface area contributed by atoms with Crippen LogP contribution < -0.4 is 5.32 Å². The standard InChI is InChI=1S/C8H10N4S/c13-8-11-6-4-1-2-9-5(3-4)7(10-6)12-8/h4-5,9H,1-3H2,(H,10,11,12,13). The second-order valence-electron chi connectivity index (χ2n) is 3.63. The third-order valence-electron chi connectivity index (χ3n) is 2.81. The number of fused-ring (bicyclic) bond motifs is 6. The quantitative estimate of drug-likeness (QED) is 0.606. The van der Waals surface area contributed by atoms with Gasteiger partial charge in [0.1, 0.15) is 11.6 Å². The molecule has 1 aromatic heterocycles. The summed E-state index contributed by atoms with van der Waals surface area (Å²) >= 11 is 5.00. The second kappa shape index (κ2) is 2.59. The summed E-state index contributed by atoms with van der Waals surface area (Å²) in [4.78, 5) is 11.7. The zero-order valence-corrected chi connectivity index (χ0v) is 7.90. The molecule has 4 nitrogen and oxygen atoms in total. The van der Waals surface area contributed by atoms with Crippen molar-refractivity contribution in [3.8, 4) is 0 Å². The Bertz CT molecular complexity index is 368. The Labute approximate surface area is 80.8 Å². The first-order chi connectivity index (χ1) is 6.33. The maximum Gasteiger partial charge on any atom is 0.222 e. The van der Waals surface area contributed by atoms with E-state index in [1.807, 2.05) is 0 Å². The molecule has 2 atom stereocenters. The van der Waals surface area contributed by atoms with Crippen LogP contribution in [0.2, 0.25) is 0 Å². The Morgan fingerprint density at radius 3 is 3.08 bits per heavy atom. The van der Waals surface area contributed by atoms with E-state index in [9.17, 15) is 0 Å². The summed E-state index contributed by atoms with van der Waals surface area (Å²) in [5.41, 5.74) is 0. The highest BCUT2D eigenvalue weighted by Crippen LogP contribution is 2.34. The van der Waals surface area contributed by atoms with Gasteiger partial charge in [0.15, 0.2) is 0 Å². The van der Waals surface area contributed by atoms with Gasteiger partial charge in [0.05, 0.1) is 6.04 Å². The molecule has 4 bridgehead atoms. The van der Waals surface area contributed by atoms with Crippen molar-refractivity contribution >= 4 is 12.2 Å². The first-order valence-corrected chi connectivity index (χ1v) is 4.95. The van der Waals surface area contributed by atoms with E-state index in [1.165, 1.54) is 0 Å². The van der Waals surface area contributed by atoms with Gasteiger partial charge in [-0.3, -0.25) is 0 Å². The predicted octanol–water partition coefficient (Wildman–Crippen LogP) is 1.06. The van der Waals surface area contributed by atoms with Crippen molar-refractivity contribution in [3.05, 3.63) is 16.4 Å². The van der Waals surface area contributed by atoms with Gasteiger partial charge >= 0.3 is 0 Å². The molecule has 2 unspecified atom stereocenters. The van der Waals surface area contributed by atoms with E-state index in [1.54, 1.807) is 0 Å². The van der Waals surface area contributed by atoms with Crippen LogP contribution in [0.25, 0.3) is 0 Å². The molecule has 1 saturated heterocycles. The number of piperidine rings is 1. The van der Waals surface area contributed by atoms with E-state index in [-0.39, 0.29) is 0 Å². The molecule has 2 aliphatic rings. The molecule has 3 heterocycles. The lowest BCUT2D eigenvalue weighted by Crippen LogP contribution is -2.36. The van der Waals surface area contributed by atoms with Crippen LogP contribution >= 0.6 is 12.2 Å². The lowest BCUT2D eigenvalue weighted by molar-refractivity contribution is 0.321. The lowest BCUT2D eigenvalue weighted by atomic mass is 9.89. The summed E-state index contributed by atoms with van der Waals surface area (Å²) in [6, 6.07) is 0.371. The first-order valence-electron chi connectivity index (χ1n) is 4.54. The van der Waals surface area contributed by atoms with Crippen LogP contribution in [-0.2, 0) is 0 Å². The summed E-state index contributed by atoms with van der Waals surface area (Å²) in [5, 5.41) is 3.42. The topological polar surface area (TPSA) is 53.6 Å². The van der Waals surface area contributed by atoms with Crippen molar-refractivity contribution in [3.63, 3.8) is 0 Å². The minimum absolute atomic E-state index is 0.371. The molecule has 1 fully saturated rings. The number of nitrogens with one attached hydrogen (secondary N) is 2. The van der Waals surface area contributed by atoms with Crippen LogP contribution in [0.15, 0.2) is 0 Å². The van der Waals surface area contributed by atoms with E-state index >= 15 is 0 Å². The summed E-state index contributed by atoms with van der Waals surface area (Å²) in [7, 11) is 0. The highest BCUT2D eigenvalue weighted by molar-refractivity contribution is 7.71. The van der Waals surface area contributed by atoms with Crippen LogP contribution in [0.1, 0.15) is 36.5 Å². The van der Waals surface area contributed by atoms with Crippen molar-refractivity contribution in [1.82, 2.24) is 20.3 Å². The van der Waals surface area contributed by atoms with Crippen LogP contribution in [0.4, 0.5) is 0 Å². The van der Waals surface area contributed by atoms with E-state index in [4.69, 9.17) is 12.2 Å². The molecule has 0 aliphatic carbocycles. The van der Waals surface area contributed by atoms with Gasteiger partial charge in [-0.05, 0) is 31.6 Å². The zero-order chi connectivity index (χ0) is 8.84. The summed E-state index contributed by atoms with van der Waals surface area (Å²) in [5.74, 6) is 2.56. The van der Waals surface area contributed by atoms with Gasteiger partial charge in [-0.2, -0.15) is 0 Å². The maximum atomic E-state index is 5.00. The predicted molar refractivity (Wildman–Crippen MR) is 49.9 cm³/mol. The SMILES string of the molecule is S=c1nc2[nH]c(n1)C1CC2CCN1. The minimum atomic E-state index is 0.371. The number of nitrogens with zero attached hydrogens (tertiary/aromatic N) is 2. The van der Waals surface area contributed by atoms with E-state index < -0.39 is 0 Å². The average molecular weight is 194 g/mol. The lowest BCUT2D eigenvalue weighted by Gasteiger charge is -2.33. The molecule has 3 rings (SSSR count). The molecule has 2 N–H and O–H groups in total. The molecule has 0 saturated carbocycles. The fraction of sp³-hybridized carbons (Fsp3) is 0.625. The molecule has 1 aromatic rings. The third kappa shape index (κ3) is 1.11. The van der Waals surface area contributed by atoms with Crippen molar-refractivity contribution < 1.29 is 0 Å². The van der Waals surface area contributed by atoms with Crippen LogP contribution in [0.5, 0.6) is 0 Å². The number of hydrogen-bond acceptors (Lipinski definition) is 4. The Morgan fingerprint density at radius 2 is 2.15 bits per heavy atom. The van der Waals surface area contributed by atoms with E-state index in [0.717, 1.165) is 31.0 Å². The Balaban J connectivity index is 2.21. The van der Waals surface area contributed by atoms with Crippen molar-refractivity contribution in [2.45, 2.75) is 24.8 Å². The molecule has 5 heteroatoms. The van der Waals surface area contributed by atoms with Gasteiger partial charge in [0.25, 0.3) is 0 Å². The van der Waals surface area contributed by atoms with Gasteiger partial charge < -0.3 is 10.3 Å². The fourth-order valence-electron chi connectivity index (χ4n) is 2.15. The van der Waals surface area contributed by atoms with Crippen LogP contribution in [-0.4, -0.2) is 21.5 Å². The molecular weight excluding hydrogens is 184 g/mol. The van der Waals surface area contributed by atoms with Gasteiger partial charge in [0, 0.05) is 5.92 Å². The van der Waals surface area contributed by atoms with Gasteiger partial charge in [0.2, 0.25) is 4.77 Å². The average Bonchev–Trinajstić information content (AvgIpc) is 2.16. The number of aromatic nitrogens is 3. The van der Waals surface area contributed by atoms with Crippen LogP contribution in [0, 0.1) is 4.77 Å². The largest absolute Gasteiger partial charge is 0.330 e. The summed E-state index contributed by atoms with van der Waals surface area (Å²) in [6.07, 6.45) is 2.27. The van der Waals surface area contributed by atoms with Crippen molar-refractivity contribution in [2.24, 2.45) is 0 Å². The van der Waals surface area contributed by atoms with Crippen molar-refractivity contribution in [1.29, 1.82) is 0 Å². The van der Waals surface area contributed by atoms with E-state index in [2.05, 4.69) is 20.3 Å². The van der Waals surface area contributed by atoms with Gasteiger partial charge in [-0.1, -0.05) is 0 Å². The number of rotatable bonds is 0. The monoisotopic (exact) mass is 194 g/mol. The normalized spacial score (nSPS) is 30.2. The molecule has 13 heavy (non-hydrogen) atoms. The third-order valence-corrected chi connectivity index (χ3v) is 2.99. The molecule has 0 aromatic carbocycles. The minimum Gasteiger partial charge on any atom is -0.330 e. The molecule has 0 radical (unpaired) electrons. The summed E-state index contributed by atoms with van der Waals surface area (Å²) < 4.78 is 0.474. The second-order valence-corrected chi connectivity index (χ2v) is 3.99. The first kappa shape index (κ1) is 7.58. The Hall–Kier alpha value is -0.810. The highest BCUT2D eigenvalue weighted by Gasteiger charge is 2.31. The highest BCUT2D eigenvalue weighted by atomic mass is 32.1. The number of aromatic amines is 1. The van der Waals surface area contributed by atoms with Gasteiger partial charge in [-0.15, -0.1) is 0 Å². The molecule has 2 aliphatic heterocycles.